The van der Waals surface area contributed by atoms with Gasteiger partial charge in [0.05, 0.1) is 11.8 Å². The molecular formula is C12H19N3O3. The van der Waals surface area contributed by atoms with E-state index in [0.717, 1.165) is 0 Å². The summed E-state index contributed by atoms with van der Waals surface area (Å²) < 4.78 is 1.62. The SMILES string of the molecule is CCn1cc(C(=O)N[C@@H](CC(C)C)C(=O)O)cn1. The minimum Gasteiger partial charge on any atom is -0.480 e. The minimum absolute atomic E-state index is 0.199. The van der Waals surface area contributed by atoms with Crippen LogP contribution >= 0.6 is 0 Å². The lowest BCUT2D eigenvalue weighted by Crippen LogP contribution is -2.41. The predicted octanol–water partition coefficient (Wildman–Crippen LogP) is 1.13. The maximum Gasteiger partial charge on any atom is 0.326 e. The van der Waals surface area contributed by atoms with Gasteiger partial charge in [0.25, 0.3) is 5.91 Å². The van der Waals surface area contributed by atoms with Crippen LogP contribution in [0.5, 0.6) is 0 Å². The summed E-state index contributed by atoms with van der Waals surface area (Å²) in [6.45, 7) is 6.41. The molecule has 1 amide bonds. The predicted molar refractivity (Wildman–Crippen MR) is 66.2 cm³/mol. The van der Waals surface area contributed by atoms with Gasteiger partial charge in [0.2, 0.25) is 0 Å². The van der Waals surface area contributed by atoms with Crippen molar-refractivity contribution >= 4 is 11.9 Å². The first-order chi connectivity index (χ1) is 8.43. The van der Waals surface area contributed by atoms with Gasteiger partial charge in [-0.2, -0.15) is 5.10 Å². The zero-order valence-corrected chi connectivity index (χ0v) is 10.9. The van der Waals surface area contributed by atoms with Crippen molar-refractivity contribution in [1.82, 2.24) is 15.1 Å². The van der Waals surface area contributed by atoms with Crippen LogP contribution in [-0.4, -0.2) is 32.8 Å². The Labute approximate surface area is 106 Å². The lowest BCUT2D eigenvalue weighted by Gasteiger charge is -2.15. The van der Waals surface area contributed by atoms with E-state index in [1.807, 2.05) is 20.8 Å². The fourth-order valence-electron chi connectivity index (χ4n) is 1.59. The summed E-state index contributed by atoms with van der Waals surface area (Å²) in [6, 6.07) is -0.859. The van der Waals surface area contributed by atoms with Gasteiger partial charge >= 0.3 is 5.97 Å². The fourth-order valence-corrected chi connectivity index (χ4v) is 1.59. The molecule has 1 rings (SSSR count). The van der Waals surface area contributed by atoms with Gasteiger partial charge in [-0.3, -0.25) is 9.48 Å². The van der Waals surface area contributed by atoms with Crippen molar-refractivity contribution in [3.63, 3.8) is 0 Å². The first-order valence-electron chi connectivity index (χ1n) is 6.00. The number of carbonyl (C=O) groups is 2. The molecule has 2 N–H and O–H groups in total. The molecule has 6 nitrogen and oxygen atoms in total. The summed E-state index contributed by atoms with van der Waals surface area (Å²) in [5.41, 5.74) is 0.381. The summed E-state index contributed by atoms with van der Waals surface area (Å²) in [6.07, 6.45) is 3.44. The van der Waals surface area contributed by atoms with E-state index in [1.54, 1.807) is 10.9 Å². The molecule has 0 saturated carbocycles. The molecule has 0 aliphatic rings. The molecular weight excluding hydrogens is 234 g/mol. The fraction of sp³-hybridized carbons (Fsp3) is 0.583. The number of hydrogen-bond acceptors (Lipinski definition) is 3. The Morgan fingerprint density at radius 2 is 2.17 bits per heavy atom. The third-order valence-corrected chi connectivity index (χ3v) is 2.53. The van der Waals surface area contributed by atoms with Gasteiger partial charge in [-0.25, -0.2) is 4.79 Å². The summed E-state index contributed by atoms with van der Waals surface area (Å²) in [5, 5.41) is 15.5. The van der Waals surface area contributed by atoms with Crippen LogP contribution in [0, 0.1) is 5.92 Å². The molecule has 0 aromatic carbocycles. The largest absolute Gasteiger partial charge is 0.480 e. The highest BCUT2D eigenvalue weighted by Crippen LogP contribution is 2.06. The highest BCUT2D eigenvalue weighted by molar-refractivity contribution is 5.96. The number of rotatable bonds is 6. The zero-order valence-electron chi connectivity index (χ0n) is 10.9. The Kier molecular flexibility index (Phi) is 4.88. The maximum absolute atomic E-state index is 11.8. The zero-order chi connectivity index (χ0) is 13.7. The summed E-state index contributed by atoms with van der Waals surface area (Å²) in [7, 11) is 0. The van der Waals surface area contributed by atoms with E-state index in [-0.39, 0.29) is 5.92 Å². The monoisotopic (exact) mass is 253 g/mol. The van der Waals surface area contributed by atoms with Crippen LogP contribution in [0.2, 0.25) is 0 Å². The number of nitrogens with zero attached hydrogens (tertiary/aromatic N) is 2. The first kappa shape index (κ1) is 14.2. The van der Waals surface area contributed by atoms with Crippen LogP contribution < -0.4 is 5.32 Å². The van der Waals surface area contributed by atoms with Crippen molar-refractivity contribution in [2.24, 2.45) is 5.92 Å². The quantitative estimate of drug-likeness (QED) is 0.796. The highest BCUT2D eigenvalue weighted by atomic mass is 16.4. The molecule has 0 saturated heterocycles. The van der Waals surface area contributed by atoms with Gasteiger partial charge in [0, 0.05) is 12.7 Å². The van der Waals surface area contributed by atoms with Crippen molar-refractivity contribution in [2.45, 2.75) is 39.8 Å². The van der Waals surface area contributed by atoms with Crippen molar-refractivity contribution in [1.29, 1.82) is 0 Å². The minimum atomic E-state index is -1.01. The molecule has 1 aromatic rings. The molecule has 0 radical (unpaired) electrons. The second-order valence-corrected chi connectivity index (χ2v) is 4.58. The van der Waals surface area contributed by atoms with Gasteiger partial charge in [-0.05, 0) is 19.3 Å². The number of aryl methyl sites for hydroxylation is 1. The number of carbonyl (C=O) groups excluding carboxylic acids is 1. The average molecular weight is 253 g/mol. The number of aromatic nitrogens is 2. The van der Waals surface area contributed by atoms with Gasteiger partial charge in [-0.1, -0.05) is 13.8 Å². The number of carboxylic acid groups (broad SMARTS) is 1. The molecule has 18 heavy (non-hydrogen) atoms. The average Bonchev–Trinajstić information content (AvgIpc) is 2.75. The molecule has 1 atom stereocenters. The summed E-state index contributed by atoms with van der Waals surface area (Å²) >= 11 is 0. The highest BCUT2D eigenvalue weighted by Gasteiger charge is 2.22. The summed E-state index contributed by atoms with van der Waals surface area (Å²) in [5.74, 6) is -1.22. The summed E-state index contributed by atoms with van der Waals surface area (Å²) in [4.78, 5) is 22.9. The Balaban J connectivity index is 2.69. The third-order valence-electron chi connectivity index (χ3n) is 2.53. The second-order valence-electron chi connectivity index (χ2n) is 4.58. The molecule has 0 bridgehead atoms. The smallest absolute Gasteiger partial charge is 0.326 e. The Hall–Kier alpha value is -1.85. The van der Waals surface area contributed by atoms with Crippen LogP contribution in [0.15, 0.2) is 12.4 Å². The molecule has 6 heteroatoms. The molecule has 0 fully saturated rings. The third kappa shape index (κ3) is 3.87. The topological polar surface area (TPSA) is 84.2 Å². The van der Waals surface area contributed by atoms with Crippen molar-refractivity contribution in [3.8, 4) is 0 Å². The van der Waals surface area contributed by atoms with E-state index in [2.05, 4.69) is 10.4 Å². The lowest BCUT2D eigenvalue weighted by molar-refractivity contribution is -0.139. The van der Waals surface area contributed by atoms with Crippen LogP contribution in [0.25, 0.3) is 0 Å². The molecule has 100 valence electrons. The van der Waals surface area contributed by atoms with E-state index in [4.69, 9.17) is 5.11 Å². The van der Waals surface area contributed by atoms with E-state index in [1.165, 1.54) is 6.20 Å². The van der Waals surface area contributed by atoms with Gasteiger partial charge in [0.1, 0.15) is 6.04 Å². The van der Waals surface area contributed by atoms with Gasteiger partial charge in [-0.15, -0.1) is 0 Å². The van der Waals surface area contributed by atoms with Crippen molar-refractivity contribution in [2.75, 3.05) is 0 Å². The maximum atomic E-state index is 11.8. The number of amides is 1. The Bertz CT molecular complexity index is 426. The molecule has 0 spiro atoms. The van der Waals surface area contributed by atoms with Crippen molar-refractivity contribution in [3.05, 3.63) is 18.0 Å². The van der Waals surface area contributed by atoms with E-state index >= 15 is 0 Å². The molecule has 1 heterocycles. The lowest BCUT2D eigenvalue weighted by atomic mass is 10.0. The number of hydrogen-bond donors (Lipinski definition) is 2. The van der Waals surface area contributed by atoms with Crippen molar-refractivity contribution < 1.29 is 14.7 Å². The van der Waals surface area contributed by atoms with Gasteiger partial charge in [0.15, 0.2) is 0 Å². The number of aliphatic carboxylic acids is 1. The van der Waals surface area contributed by atoms with Gasteiger partial charge < -0.3 is 10.4 Å². The van der Waals surface area contributed by atoms with Crippen LogP contribution in [0.3, 0.4) is 0 Å². The van der Waals surface area contributed by atoms with E-state index in [9.17, 15) is 9.59 Å². The Morgan fingerprint density at radius 1 is 1.50 bits per heavy atom. The molecule has 1 aromatic heterocycles. The van der Waals surface area contributed by atoms with E-state index < -0.39 is 17.9 Å². The van der Waals surface area contributed by atoms with Crippen LogP contribution in [0.4, 0.5) is 0 Å². The standard InChI is InChI=1S/C12H19N3O3/c1-4-15-7-9(6-13-15)11(16)14-10(12(17)18)5-8(2)3/h6-8,10H,4-5H2,1-3H3,(H,14,16)(H,17,18)/t10-/m0/s1. The number of carboxylic acids is 1. The molecule has 0 aliphatic carbocycles. The molecule has 0 aliphatic heterocycles. The van der Waals surface area contributed by atoms with Crippen LogP contribution in [-0.2, 0) is 11.3 Å². The van der Waals surface area contributed by atoms with E-state index in [0.29, 0.717) is 18.5 Å². The Morgan fingerprint density at radius 3 is 2.61 bits per heavy atom. The first-order valence-corrected chi connectivity index (χ1v) is 6.00. The number of nitrogens with one attached hydrogen (secondary N) is 1. The normalized spacial score (nSPS) is 12.4. The second kappa shape index (κ2) is 6.18. The van der Waals surface area contributed by atoms with Crippen LogP contribution in [0.1, 0.15) is 37.6 Å². The molecule has 0 unspecified atom stereocenters.